The lowest BCUT2D eigenvalue weighted by atomic mass is 9.61. The van der Waals surface area contributed by atoms with Gasteiger partial charge in [0.15, 0.2) is 5.78 Å². The second-order valence-electron chi connectivity index (χ2n) is 5.01. The van der Waals surface area contributed by atoms with Gasteiger partial charge in [-0.15, -0.1) is 0 Å². The van der Waals surface area contributed by atoms with Crippen LogP contribution >= 0.6 is 0 Å². The average Bonchev–Trinajstić information content (AvgIpc) is 2.42. The third-order valence-corrected chi connectivity index (χ3v) is 4.16. The first-order valence-electron chi connectivity index (χ1n) is 6.19. The molecule has 2 bridgehead atoms. The summed E-state index contributed by atoms with van der Waals surface area (Å²) in [6.45, 7) is 4.03. The molecule has 0 atom stereocenters. The Labute approximate surface area is 106 Å². The lowest BCUT2D eigenvalue weighted by molar-refractivity contribution is -0.117. The predicted molar refractivity (Wildman–Crippen MR) is 70.7 cm³/mol. The lowest BCUT2D eigenvalue weighted by Crippen LogP contribution is -2.34. The zero-order valence-corrected chi connectivity index (χ0v) is 9.89. The van der Waals surface area contributed by atoms with Crippen molar-refractivity contribution < 1.29 is 4.79 Å². The van der Waals surface area contributed by atoms with Crippen molar-refractivity contribution in [3.63, 3.8) is 0 Å². The molecule has 2 aromatic carbocycles. The molecule has 0 amide bonds. The van der Waals surface area contributed by atoms with Crippen LogP contribution in [0.1, 0.15) is 34.1 Å². The molecule has 0 saturated carbocycles. The molecule has 0 unspecified atom stereocenters. The normalized spacial score (nSPS) is 23.8. The van der Waals surface area contributed by atoms with Crippen LogP contribution in [-0.2, 0) is 4.79 Å². The van der Waals surface area contributed by atoms with Gasteiger partial charge in [0, 0.05) is 11.5 Å². The Morgan fingerprint density at radius 2 is 1.11 bits per heavy atom. The van der Waals surface area contributed by atoms with E-state index in [-0.39, 0.29) is 17.6 Å². The first kappa shape index (κ1) is 9.84. The smallest absolute Gasteiger partial charge is 0.171 e. The molecule has 2 aromatic rings. The van der Waals surface area contributed by atoms with Gasteiger partial charge in [-0.05, 0) is 22.3 Å². The molecular formula is C17H12O. The van der Waals surface area contributed by atoms with Gasteiger partial charge in [-0.2, -0.15) is 0 Å². The largest absolute Gasteiger partial charge is 0.293 e. The third kappa shape index (κ3) is 0.999. The monoisotopic (exact) mass is 232 g/mol. The Bertz CT molecular complexity index is 589. The van der Waals surface area contributed by atoms with Crippen molar-refractivity contribution in [2.45, 2.75) is 11.8 Å². The number of Topliss-reactive ketones (excluding diaryl/α,β-unsaturated/α-hetero) is 1. The molecule has 0 heterocycles. The number of benzene rings is 2. The maximum atomic E-state index is 12.4. The number of carbonyl (C=O) groups is 1. The van der Waals surface area contributed by atoms with Crippen molar-refractivity contribution in [2.24, 2.45) is 0 Å². The highest BCUT2D eigenvalue weighted by Gasteiger charge is 2.44. The van der Waals surface area contributed by atoms with E-state index in [0.29, 0.717) is 0 Å². The van der Waals surface area contributed by atoms with Gasteiger partial charge in [-0.3, -0.25) is 4.79 Å². The highest BCUT2D eigenvalue weighted by Crippen LogP contribution is 2.52. The fourth-order valence-electron chi connectivity index (χ4n) is 3.39. The van der Waals surface area contributed by atoms with E-state index >= 15 is 0 Å². The summed E-state index contributed by atoms with van der Waals surface area (Å²) in [5, 5.41) is 0. The molecule has 5 rings (SSSR count). The molecule has 3 aliphatic rings. The van der Waals surface area contributed by atoms with Gasteiger partial charge in [0.05, 0.1) is 5.92 Å². The van der Waals surface area contributed by atoms with Crippen LogP contribution < -0.4 is 0 Å². The number of fused-ring (bicyclic) bond motifs is 1. The summed E-state index contributed by atoms with van der Waals surface area (Å²) in [6, 6.07) is 16.5. The molecule has 0 radical (unpaired) electrons. The quantitative estimate of drug-likeness (QED) is 0.636. The van der Waals surface area contributed by atoms with Crippen LogP contribution in [0.4, 0.5) is 0 Å². The van der Waals surface area contributed by atoms with Crippen molar-refractivity contribution in [1.82, 2.24) is 0 Å². The van der Waals surface area contributed by atoms with E-state index in [2.05, 4.69) is 30.8 Å². The van der Waals surface area contributed by atoms with Gasteiger partial charge in [-0.25, -0.2) is 0 Å². The molecular weight excluding hydrogens is 220 g/mol. The average molecular weight is 232 g/mol. The zero-order chi connectivity index (χ0) is 12.3. The van der Waals surface area contributed by atoms with Crippen molar-refractivity contribution in [3.05, 3.63) is 82.9 Å². The molecule has 86 valence electrons. The van der Waals surface area contributed by atoms with Crippen LogP contribution in [0.2, 0.25) is 0 Å². The molecule has 0 aliphatic heterocycles. The first-order valence-corrected chi connectivity index (χ1v) is 6.19. The number of hydrogen-bond acceptors (Lipinski definition) is 1. The summed E-state index contributed by atoms with van der Waals surface area (Å²) in [5.41, 5.74) is 5.59. The van der Waals surface area contributed by atoms with Gasteiger partial charge in [0.2, 0.25) is 0 Å². The molecule has 3 aliphatic carbocycles. The van der Waals surface area contributed by atoms with E-state index in [0.717, 1.165) is 5.57 Å². The van der Waals surface area contributed by atoms with Crippen LogP contribution in [0, 0.1) is 0 Å². The van der Waals surface area contributed by atoms with E-state index in [9.17, 15) is 4.79 Å². The number of carbonyl (C=O) groups excluding carboxylic acids is 1. The van der Waals surface area contributed by atoms with Crippen LogP contribution in [0.25, 0.3) is 0 Å². The molecule has 18 heavy (non-hydrogen) atoms. The molecule has 0 aromatic heterocycles. The van der Waals surface area contributed by atoms with Gasteiger partial charge in [0.25, 0.3) is 0 Å². The number of ketones is 1. The summed E-state index contributed by atoms with van der Waals surface area (Å²) in [7, 11) is 0. The highest BCUT2D eigenvalue weighted by molar-refractivity contribution is 6.08. The summed E-state index contributed by atoms with van der Waals surface area (Å²) in [5.74, 6) is 0.127. The lowest BCUT2D eigenvalue weighted by Gasteiger charge is -2.40. The zero-order valence-electron chi connectivity index (χ0n) is 9.89. The van der Waals surface area contributed by atoms with Crippen LogP contribution in [0.15, 0.2) is 60.7 Å². The van der Waals surface area contributed by atoms with E-state index in [1.165, 1.54) is 22.3 Å². The standard InChI is InChI=1S/C17H12O/c1-10-15-11-6-2-4-8-13(11)16(17(10)18)14-9-5-3-7-12(14)15/h2-9,15-16H,1H2. The Morgan fingerprint density at radius 1 is 0.722 bits per heavy atom. The summed E-state index contributed by atoms with van der Waals surface area (Å²) in [4.78, 5) is 12.4. The molecule has 0 spiro atoms. The minimum atomic E-state index is -0.130. The number of allylic oxidation sites excluding steroid dienone is 1. The molecule has 0 fully saturated rings. The third-order valence-electron chi connectivity index (χ3n) is 4.16. The Balaban J connectivity index is 2.12. The Kier molecular flexibility index (Phi) is 1.75. The fourth-order valence-corrected chi connectivity index (χ4v) is 3.39. The second kappa shape index (κ2) is 3.20. The van der Waals surface area contributed by atoms with Gasteiger partial charge >= 0.3 is 0 Å². The molecule has 0 N–H and O–H groups in total. The van der Waals surface area contributed by atoms with Gasteiger partial charge < -0.3 is 0 Å². The van der Waals surface area contributed by atoms with Crippen LogP contribution in [-0.4, -0.2) is 5.78 Å². The minimum absolute atomic E-state index is 0.0647. The maximum Gasteiger partial charge on any atom is 0.171 e. The molecule has 1 nitrogen and oxygen atoms in total. The highest BCUT2D eigenvalue weighted by atomic mass is 16.1. The van der Waals surface area contributed by atoms with Crippen LogP contribution in [0.3, 0.4) is 0 Å². The van der Waals surface area contributed by atoms with Gasteiger partial charge in [0.1, 0.15) is 0 Å². The predicted octanol–water partition coefficient (Wildman–Crippen LogP) is 3.40. The van der Waals surface area contributed by atoms with Crippen LogP contribution in [0.5, 0.6) is 0 Å². The second-order valence-corrected chi connectivity index (χ2v) is 5.01. The molecule has 1 heteroatoms. The number of hydrogen-bond donors (Lipinski definition) is 0. The summed E-state index contributed by atoms with van der Waals surface area (Å²) >= 11 is 0. The van der Waals surface area contributed by atoms with Gasteiger partial charge in [-0.1, -0.05) is 55.1 Å². The van der Waals surface area contributed by atoms with E-state index in [4.69, 9.17) is 0 Å². The van der Waals surface area contributed by atoms with Crippen molar-refractivity contribution >= 4 is 5.78 Å². The van der Waals surface area contributed by atoms with E-state index in [1.54, 1.807) is 0 Å². The van der Waals surface area contributed by atoms with Crippen molar-refractivity contribution in [2.75, 3.05) is 0 Å². The van der Waals surface area contributed by atoms with Crippen molar-refractivity contribution in [3.8, 4) is 0 Å². The Hall–Kier alpha value is -2.15. The number of rotatable bonds is 0. The first-order chi connectivity index (χ1) is 8.79. The van der Waals surface area contributed by atoms with E-state index < -0.39 is 0 Å². The topological polar surface area (TPSA) is 17.1 Å². The SMILES string of the molecule is C=C1C(=O)C2c3ccccc3C1c1ccccc12. The minimum Gasteiger partial charge on any atom is -0.293 e. The summed E-state index contributed by atoms with van der Waals surface area (Å²) < 4.78 is 0. The Morgan fingerprint density at radius 3 is 1.56 bits per heavy atom. The summed E-state index contributed by atoms with van der Waals surface area (Å²) in [6.07, 6.45) is 0. The fraction of sp³-hybridized carbons (Fsp3) is 0.118. The van der Waals surface area contributed by atoms with E-state index in [1.807, 2.05) is 24.3 Å². The van der Waals surface area contributed by atoms with Crippen molar-refractivity contribution in [1.29, 1.82) is 0 Å². The molecule has 0 saturated heterocycles. The maximum absolute atomic E-state index is 12.4.